The Morgan fingerprint density at radius 1 is 0.809 bits per heavy atom. The first-order valence-electron chi connectivity index (χ1n) is 17.2. The fourth-order valence-electron chi connectivity index (χ4n) is 8.25. The van der Waals surface area contributed by atoms with Gasteiger partial charge in [0.05, 0.1) is 0 Å². The highest BCUT2D eigenvalue weighted by atomic mass is 16.1. The van der Waals surface area contributed by atoms with Crippen molar-refractivity contribution >= 4 is 29.4 Å². The fraction of sp³-hybridized carbons (Fsp3) is 0.452. The summed E-state index contributed by atoms with van der Waals surface area (Å²) in [5, 5.41) is 0. The first kappa shape index (κ1) is 34.3. The predicted octanol–water partition coefficient (Wildman–Crippen LogP) is 8.70. The van der Waals surface area contributed by atoms with Crippen LogP contribution in [0.15, 0.2) is 105 Å². The lowest BCUT2D eigenvalue weighted by Crippen LogP contribution is -2.43. The Morgan fingerprint density at radius 3 is 2.28 bits per heavy atom. The zero-order chi connectivity index (χ0) is 33.9. The van der Waals surface area contributed by atoms with E-state index >= 15 is 0 Å². The molecule has 0 aromatic carbocycles. The molecule has 6 rings (SSSR count). The Hall–Kier alpha value is -3.99. The molecule has 47 heavy (non-hydrogen) atoms. The Morgan fingerprint density at radius 2 is 1.53 bits per heavy atom. The molecule has 0 saturated heterocycles. The lowest BCUT2D eigenvalue weighted by atomic mass is 9.56. The molecule has 4 atom stereocenters. The molecule has 246 valence electrons. The molecule has 0 aliphatic heterocycles. The number of Topliss-reactive ketones (excluding diaryl/α,β-unsaturated/α-hetero) is 1. The minimum absolute atomic E-state index is 0.0909. The molecular weight excluding hydrogens is 584 g/mol. The standard InChI is InChI=1S/C42H48O5/c1-26(2)37-14-12-27(3)9-7-15-42(25-43)34-17-29(5)11-13-31-22-40(46)32(23-39(31)45)16-28(4)8-6-10-30(18-34)19-35(42)20-33-21-36(44)24-38(37)41(33)47/h8-9,11,18,21-25,34-35,37H,1,6-7,10,12-17,19-20H2,2-5H3/b27-9+,28-8-,29-11+/t34-,35+,37+,42-/m1/s1. The molecule has 0 aromatic heterocycles. The number of carbonyl (C=O) groups is 5. The lowest BCUT2D eigenvalue weighted by molar-refractivity contribution is -0.123. The summed E-state index contributed by atoms with van der Waals surface area (Å²) >= 11 is 0. The van der Waals surface area contributed by atoms with Gasteiger partial charge in [0.2, 0.25) is 0 Å². The Kier molecular flexibility index (Phi) is 10.5. The first-order chi connectivity index (χ1) is 22.4. The number of hydrogen-bond acceptors (Lipinski definition) is 5. The lowest BCUT2D eigenvalue weighted by Gasteiger charge is -2.46. The van der Waals surface area contributed by atoms with E-state index in [9.17, 15) is 24.0 Å². The smallest absolute Gasteiger partial charge is 0.185 e. The van der Waals surface area contributed by atoms with Crippen LogP contribution in [0.2, 0.25) is 0 Å². The number of allylic oxidation sites excluding steroid dienone is 17. The number of fused-ring (bicyclic) bond motifs is 10. The highest BCUT2D eigenvalue weighted by Crippen LogP contribution is 2.52. The molecule has 0 radical (unpaired) electrons. The maximum atomic E-state index is 14.1. The molecular formula is C42H48O5. The van der Waals surface area contributed by atoms with Crippen LogP contribution in [0.5, 0.6) is 0 Å². The van der Waals surface area contributed by atoms with Gasteiger partial charge in [0.15, 0.2) is 23.1 Å². The third-order valence-corrected chi connectivity index (χ3v) is 11.0. The maximum absolute atomic E-state index is 14.1. The van der Waals surface area contributed by atoms with Gasteiger partial charge in [-0.05, 0) is 134 Å². The maximum Gasteiger partial charge on any atom is 0.185 e. The van der Waals surface area contributed by atoms with Crippen molar-refractivity contribution in [1.82, 2.24) is 0 Å². The van der Waals surface area contributed by atoms with Crippen molar-refractivity contribution in [2.24, 2.45) is 23.2 Å². The summed E-state index contributed by atoms with van der Waals surface area (Å²) in [6.07, 6.45) is 22.8. The molecule has 0 heterocycles. The van der Waals surface area contributed by atoms with Crippen LogP contribution in [0.1, 0.15) is 98.3 Å². The number of aldehydes is 1. The second kappa shape index (κ2) is 14.4. The zero-order valence-electron chi connectivity index (χ0n) is 28.5. The number of carbonyl (C=O) groups excluding carboxylic acids is 5. The van der Waals surface area contributed by atoms with Crippen LogP contribution in [0.4, 0.5) is 0 Å². The van der Waals surface area contributed by atoms with Gasteiger partial charge in [-0.25, -0.2) is 0 Å². The van der Waals surface area contributed by atoms with Crippen molar-refractivity contribution in [3.8, 4) is 0 Å². The van der Waals surface area contributed by atoms with E-state index in [0.29, 0.717) is 67.2 Å². The van der Waals surface area contributed by atoms with E-state index in [4.69, 9.17) is 0 Å². The van der Waals surface area contributed by atoms with E-state index in [1.165, 1.54) is 35.5 Å². The van der Waals surface area contributed by atoms with Gasteiger partial charge in [-0.1, -0.05) is 58.7 Å². The van der Waals surface area contributed by atoms with E-state index in [-0.39, 0.29) is 40.9 Å². The largest absolute Gasteiger partial charge is 0.303 e. The first-order valence-corrected chi connectivity index (χ1v) is 17.2. The number of rotatable bonds is 2. The normalized spacial score (nSPS) is 32.9. The van der Waals surface area contributed by atoms with Crippen LogP contribution >= 0.6 is 0 Å². The Labute approximate surface area is 279 Å². The second-order valence-corrected chi connectivity index (χ2v) is 14.6. The molecule has 0 spiro atoms. The second-order valence-electron chi connectivity index (χ2n) is 14.6. The van der Waals surface area contributed by atoms with E-state index in [2.05, 4.69) is 31.7 Å². The summed E-state index contributed by atoms with van der Waals surface area (Å²) in [5.74, 6) is -0.931. The Bertz CT molecular complexity index is 1660. The van der Waals surface area contributed by atoms with Gasteiger partial charge in [0.25, 0.3) is 0 Å². The van der Waals surface area contributed by atoms with Crippen molar-refractivity contribution in [3.63, 3.8) is 0 Å². The summed E-state index contributed by atoms with van der Waals surface area (Å²) in [5.41, 5.74) is 6.75. The quantitative estimate of drug-likeness (QED) is 0.173. The van der Waals surface area contributed by atoms with Crippen LogP contribution in [-0.2, 0) is 24.0 Å². The Balaban J connectivity index is 1.58. The molecule has 6 bridgehead atoms. The van der Waals surface area contributed by atoms with Gasteiger partial charge in [-0.15, -0.1) is 0 Å². The van der Waals surface area contributed by atoms with Gasteiger partial charge >= 0.3 is 0 Å². The van der Waals surface area contributed by atoms with Crippen molar-refractivity contribution < 1.29 is 24.0 Å². The summed E-state index contributed by atoms with van der Waals surface area (Å²) in [4.78, 5) is 66.6. The minimum atomic E-state index is -0.743. The molecule has 6 aliphatic carbocycles. The minimum Gasteiger partial charge on any atom is -0.303 e. The highest BCUT2D eigenvalue weighted by molar-refractivity contribution is 6.21. The molecule has 0 fully saturated rings. The average Bonchev–Trinajstić information content (AvgIpc) is 3.01. The molecule has 0 saturated carbocycles. The van der Waals surface area contributed by atoms with Gasteiger partial charge in [-0.3, -0.25) is 19.2 Å². The number of hydrogen-bond donors (Lipinski definition) is 0. The summed E-state index contributed by atoms with van der Waals surface area (Å²) < 4.78 is 0. The number of ketones is 4. The van der Waals surface area contributed by atoms with Crippen LogP contribution in [0.3, 0.4) is 0 Å². The summed E-state index contributed by atoms with van der Waals surface area (Å²) in [7, 11) is 0. The van der Waals surface area contributed by atoms with Gasteiger partial charge in [-0.2, -0.15) is 0 Å². The highest BCUT2D eigenvalue weighted by Gasteiger charge is 2.47. The molecule has 0 unspecified atom stereocenters. The monoisotopic (exact) mass is 632 g/mol. The topological polar surface area (TPSA) is 85.3 Å². The predicted molar refractivity (Wildman–Crippen MR) is 186 cm³/mol. The van der Waals surface area contributed by atoms with Crippen molar-refractivity contribution in [3.05, 3.63) is 105 Å². The molecule has 6 aliphatic rings. The molecule has 5 heteroatoms. The van der Waals surface area contributed by atoms with Gasteiger partial charge < -0.3 is 4.79 Å². The third-order valence-electron chi connectivity index (χ3n) is 11.0. The zero-order valence-corrected chi connectivity index (χ0v) is 28.5. The van der Waals surface area contributed by atoms with Crippen LogP contribution < -0.4 is 0 Å². The van der Waals surface area contributed by atoms with Crippen molar-refractivity contribution in [1.29, 1.82) is 0 Å². The van der Waals surface area contributed by atoms with Crippen molar-refractivity contribution in [2.45, 2.75) is 98.3 Å². The molecule has 0 N–H and O–H groups in total. The summed E-state index contributed by atoms with van der Waals surface area (Å²) in [6, 6.07) is 0. The SMILES string of the molecule is C=C(C)[C@@H]1CC/C(C)=C/CC[C@]2(C=O)[C@@H](CC3=C[C@H]2C/C(C)=C/CC2=CC(=O)C(=CC2=O)C/C(C)=C\CC3)CC2=CC(=O)C=C1C2=O. The van der Waals surface area contributed by atoms with E-state index in [1.54, 1.807) is 0 Å². The van der Waals surface area contributed by atoms with Crippen LogP contribution in [0, 0.1) is 23.2 Å². The third kappa shape index (κ3) is 7.61. The van der Waals surface area contributed by atoms with Crippen molar-refractivity contribution in [2.75, 3.05) is 0 Å². The molecule has 0 amide bonds. The van der Waals surface area contributed by atoms with Gasteiger partial charge in [0, 0.05) is 33.6 Å². The molecule has 0 aromatic rings. The van der Waals surface area contributed by atoms with Crippen LogP contribution in [-0.4, -0.2) is 29.4 Å². The van der Waals surface area contributed by atoms with E-state index in [1.807, 2.05) is 26.8 Å². The molecule has 5 nitrogen and oxygen atoms in total. The van der Waals surface area contributed by atoms with Crippen LogP contribution in [0.25, 0.3) is 0 Å². The summed E-state index contributed by atoms with van der Waals surface area (Å²) in [6.45, 7) is 12.2. The van der Waals surface area contributed by atoms with E-state index in [0.717, 1.165) is 48.7 Å². The fourth-order valence-corrected chi connectivity index (χ4v) is 8.25. The van der Waals surface area contributed by atoms with E-state index < -0.39 is 5.41 Å². The average molecular weight is 633 g/mol. The van der Waals surface area contributed by atoms with Gasteiger partial charge in [0.1, 0.15) is 6.29 Å².